The third kappa shape index (κ3) is 6.20. The number of carbonyl (C=O) groups is 2. The molecule has 2 aromatic carbocycles. The molecular weight excluding hydrogens is 438 g/mol. The van der Waals surface area contributed by atoms with Crippen molar-refractivity contribution in [3.8, 4) is 11.1 Å². The number of ether oxygens (including phenoxy) is 1. The lowest BCUT2D eigenvalue weighted by atomic mass is 9.90. The second kappa shape index (κ2) is 9.75. The van der Waals surface area contributed by atoms with Crippen LogP contribution >= 0.6 is 11.6 Å². The predicted molar refractivity (Wildman–Crippen MR) is 131 cm³/mol. The molecule has 0 aliphatic heterocycles. The smallest absolute Gasteiger partial charge is 0.306 e. The van der Waals surface area contributed by atoms with Gasteiger partial charge in [0.25, 0.3) is 5.56 Å². The Kier molecular flexibility index (Phi) is 7.23. The van der Waals surface area contributed by atoms with E-state index in [9.17, 15) is 14.4 Å². The number of esters is 1. The molecule has 5 nitrogen and oxygen atoms in total. The molecule has 0 atom stereocenters. The normalized spacial score (nSPS) is 11.3. The van der Waals surface area contributed by atoms with E-state index in [1.165, 1.54) is 10.6 Å². The van der Waals surface area contributed by atoms with Crippen LogP contribution < -0.4 is 5.56 Å². The summed E-state index contributed by atoms with van der Waals surface area (Å²) >= 11 is 5.98. The molecule has 0 aliphatic carbocycles. The van der Waals surface area contributed by atoms with E-state index >= 15 is 0 Å². The minimum Gasteiger partial charge on any atom is -0.460 e. The SMILES string of the molecule is Cc1ccc(C(=O)c2ccc(Cl)cc2)c(-c2cn(C)c(=O)cc2CCC(=O)OC(C)(C)C)c1. The Bertz CT molecular complexity index is 1250. The Labute approximate surface area is 199 Å². The number of aromatic nitrogens is 1. The van der Waals surface area contributed by atoms with Crippen LogP contribution in [-0.4, -0.2) is 21.9 Å². The molecule has 3 aromatic rings. The van der Waals surface area contributed by atoms with Gasteiger partial charge in [-0.1, -0.05) is 35.4 Å². The lowest BCUT2D eigenvalue weighted by molar-refractivity contribution is -0.154. The number of carbonyl (C=O) groups excluding carboxylic acids is 2. The van der Waals surface area contributed by atoms with Crippen LogP contribution in [0.2, 0.25) is 5.02 Å². The highest BCUT2D eigenvalue weighted by molar-refractivity contribution is 6.30. The van der Waals surface area contributed by atoms with Gasteiger partial charge in [-0.25, -0.2) is 0 Å². The number of hydrogen-bond acceptors (Lipinski definition) is 4. The van der Waals surface area contributed by atoms with E-state index in [2.05, 4.69) is 0 Å². The first-order valence-electron chi connectivity index (χ1n) is 10.8. The molecule has 1 aromatic heterocycles. The minimum atomic E-state index is -0.582. The molecule has 0 bridgehead atoms. The van der Waals surface area contributed by atoms with Crippen molar-refractivity contribution in [1.29, 1.82) is 0 Å². The van der Waals surface area contributed by atoms with Crippen molar-refractivity contribution < 1.29 is 14.3 Å². The number of nitrogens with zero attached hydrogens (tertiary/aromatic N) is 1. The van der Waals surface area contributed by atoms with Crippen LogP contribution in [0.1, 0.15) is 54.2 Å². The second-order valence-electron chi connectivity index (χ2n) is 9.13. The summed E-state index contributed by atoms with van der Waals surface area (Å²) in [5.74, 6) is -0.482. The summed E-state index contributed by atoms with van der Waals surface area (Å²) in [4.78, 5) is 38.1. The summed E-state index contributed by atoms with van der Waals surface area (Å²) in [5.41, 5.74) is 3.39. The van der Waals surface area contributed by atoms with Gasteiger partial charge in [0.15, 0.2) is 5.78 Å². The highest BCUT2D eigenvalue weighted by atomic mass is 35.5. The van der Waals surface area contributed by atoms with Crippen molar-refractivity contribution >= 4 is 23.4 Å². The summed E-state index contributed by atoms with van der Waals surface area (Å²) < 4.78 is 6.90. The molecule has 0 spiro atoms. The first-order chi connectivity index (χ1) is 15.4. The third-order valence-corrected chi connectivity index (χ3v) is 5.40. The van der Waals surface area contributed by atoms with Gasteiger partial charge in [0.1, 0.15) is 5.60 Å². The van der Waals surface area contributed by atoms with Gasteiger partial charge in [-0.2, -0.15) is 0 Å². The van der Waals surface area contributed by atoms with Gasteiger partial charge in [0.2, 0.25) is 0 Å². The van der Waals surface area contributed by atoms with Crippen molar-refractivity contribution in [3.05, 3.63) is 92.4 Å². The molecule has 0 radical (unpaired) electrons. The van der Waals surface area contributed by atoms with Crippen molar-refractivity contribution in [1.82, 2.24) is 4.57 Å². The molecule has 0 unspecified atom stereocenters. The molecule has 1 heterocycles. The van der Waals surface area contributed by atoms with E-state index in [-0.39, 0.29) is 23.7 Å². The fourth-order valence-electron chi connectivity index (χ4n) is 3.58. The maximum Gasteiger partial charge on any atom is 0.306 e. The van der Waals surface area contributed by atoms with Crippen LogP contribution in [0.25, 0.3) is 11.1 Å². The molecule has 0 aliphatic rings. The van der Waals surface area contributed by atoms with Gasteiger partial charge in [-0.3, -0.25) is 14.4 Å². The Balaban J connectivity index is 2.07. The summed E-state index contributed by atoms with van der Waals surface area (Å²) in [7, 11) is 1.67. The summed E-state index contributed by atoms with van der Waals surface area (Å²) in [5, 5.41) is 0.554. The lowest BCUT2D eigenvalue weighted by Crippen LogP contribution is -2.24. The fourth-order valence-corrected chi connectivity index (χ4v) is 3.71. The minimum absolute atomic E-state index is 0.129. The Morgan fingerprint density at radius 1 is 1.00 bits per heavy atom. The Morgan fingerprint density at radius 2 is 1.67 bits per heavy atom. The number of pyridine rings is 1. The van der Waals surface area contributed by atoms with Gasteiger partial charge in [-0.15, -0.1) is 0 Å². The van der Waals surface area contributed by atoms with E-state index in [0.717, 1.165) is 11.1 Å². The first-order valence-corrected chi connectivity index (χ1v) is 11.1. The molecule has 33 heavy (non-hydrogen) atoms. The summed E-state index contributed by atoms with van der Waals surface area (Å²) in [6.45, 7) is 7.39. The molecule has 172 valence electrons. The maximum atomic E-state index is 13.4. The monoisotopic (exact) mass is 465 g/mol. The molecule has 0 saturated heterocycles. The first kappa shape index (κ1) is 24.5. The molecular formula is C27H28ClNO4. The predicted octanol–water partition coefficient (Wildman–Crippen LogP) is 5.52. The number of ketones is 1. The van der Waals surface area contributed by atoms with Gasteiger partial charge < -0.3 is 9.30 Å². The van der Waals surface area contributed by atoms with Gasteiger partial charge >= 0.3 is 5.97 Å². The zero-order valence-electron chi connectivity index (χ0n) is 19.6. The van der Waals surface area contributed by atoms with Gasteiger partial charge in [0.05, 0.1) is 0 Å². The lowest BCUT2D eigenvalue weighted by Gasteiger charge is -2.20. The topological polar surface area (TPSA) is 65.4 Å². The van der Waals surface area contributed by atoms with Gasteiger partial charge in [0, 0.05) is 47.4 Å². The van der Waals surface area contributed by atoms with E-state index in [1.807, 2.05) is 39.8 Å². The van der Waals surface area contributed by atoms with Crippen molar-refractivity contribution in [2.24, 2.45) is 7.05 Å². The summed E-state index contributed by atoms with van der Waals surface area (Å²) in [6, 6.07) is 13.9. The van der Waals surface area contributed by atoms with E-state index in [4.69, 9.17) is 16.3 Å². The number of halogens is 1. The van der Waals surface area contributed by atoms with Crippen molar-refractivity contribution in [2.45, 2.75) is 46.1 Å². The van der Waals surface area contributed by atoms with E-state index in [0.29, 0.717) is 33.7 Å². The van der Waals surface area contributed by atoms with Crippen LogP contribution in [0.3, 0.4) is 0 Å². The van der Waals surface area contributed by atoms with Crippen molar-refractivity contribution in [2.75, 3.05) is 0 Å². The molecule has 6 heteroatoms. The number of aryl methyl sites for hydroxylation is 3. The average molecular weight is 466 g/mol. The molecule has 0 fully saturated rings. The molecule has 0 amide bonds. The highest BCUT2D eigenvalue weighted by Crippen LogP contribution is 2.30. The van der Waals surface area contributed by atoms with E-state index in [1.54, 1.807) is 43.6 Å². The van der Waals surface area contributed by atoms with Crippen LogP contribution in [0, 0.1) is 6.92 Å². The number of rotatable bonds is 6. The Hall–Kier alpha value is -3.18. The molecule has 0 saturated carbocycles. The maximum absolute atomic E-state index is 13.4. The second-order valence-corrected chi connectivity index (χ2v) is 9.57. The fraction of sp³-hybridized carbons (Fsp3) is 0.296. The quantitative estimate of drug-likeness (QED) is 0.355. The van der Waals surface area contributed by atoms with E-state index < -0.39 is 5.60 Å². The largest absolute Gasteiger partial charge is 0.460 e. The van der Waals surface area contributed by atoms with Gasteiger partial charge in [-0.05, 0) is 69.5 Å². The highest BCUT2D eigenvalue weighted by Gasteiger charge is 2.20. The summed E-state index contributed by atoms with van der Waals surface area (Å²) in [6.07, 6.45) is 2.17. The molecule has 0 N–H and O–H groups in total. The zero-order chi connectivity index (χ0) is 24.3. The van der Waals surface area contributed by atoms with Crippen LogP contribution in [0.4, 0.5) is 0 Å². The zero-order valence-corrected chi connectivity index (χ0v) is 20.3. The van der Waals surface area contributed by atoms with Crippen LogP contribution in [0.15, 0.2) is 59.5 Å². The standard InChI is InChI=1S/C27H28ClNO4/c1-17-6-12-21(26(32)18-7-10-20(28)11-8-18)22(14-17)23-16-29(5)24(30)15-19(23)9-13-25(31)33-27(2,3)4/h6-8,10-12,14-16H,9,13H2,1-5H3. The Morgan fingerprint density at radius 3 is 2.30 bits per heavy atom. The number of hydrogen-bond donors (Lipinski definition) is 0. The third-order valence-electron chi connectivity index (χ3n) is 5.15. The van der Waals surface area contributed by atoms with Crippen LogP contribution in [-0.2, 0) is 23.0 Å². The molecule has 3 rings (SSSR count). The van der Waals surface area contributed by atoms with Crippen molar-refractivity contribution in [3.63, 3.8) is 0 Å². The number of benzene rings is 2. The average Bonchev–Trinajstić information content (AvgIpc) is 2.73. The van der Waals surface area contributed by atoms with Crippen LogP contribution in [0.5, 0.6) is 0 Å².